The highest BCUT2D eigenvalue weighted by atomic mass is 32.2. The fourth-order valence-corrected chi connectivity index (χ4v) is 3.66. The lowest BCUT2D eigenvalue weighted by Gasteiger charge is -2.19. The SMILES string of the molecule is COCC(C(=O)NCC(=O)CSCc1ccccc1)n1ccnc(NCC(=N)/C(C)=N\O)c1=O. The van der Waals surface area contributed by atoms with Crippen LogP contribution in [0.3, 0.4) is 0 Å². The van der Waals surface area contributed by atoms with Crippen LogP contribution in [0.1, 0.15) is 18.5 Å². The number of rotatable bonds is 14. The minimum absolute atomic E-state index is 0.0334. The number of carbonyl (C=O) groups excluding carboxylic acids is 2. The zero-order chi connectivity index (χ0) is 24.9. The van der Waals surface area contributed by atoms with E-state index >= 15 is 0 Å². The van der Waals surface area contributed by atoms with Crippen molar-refractivity contribution in [1.82, 2.24) is 14.9 Å². The van der Waals surface area contributed by atoms with Gasteiger partial charge in [-0.2, -0.15) is 0 Å². The Bertz CT molecular complexity index is 1070. The normalized spacial score (nSPS) is 12.1. The Balaban J connectivity index is 1.97. The maximum Gasteiger partial charge on any atom is 0.294 e. The molecule has 0 saturated heterocycles. The number of benzene rings is 1. The van der Waals surface area contributed by atoms with Gasteiger partial charge in [0.05, 0.1) is 36.9 Å². The summed E-state index contributed by atoms with van der Waals surface area (Å²) in [5.74, 6) is 0.166. The van der Waals surface area contributed by atoms with E-state index in [1.165, 1.54) is 38.2 Å². The van der Waals surface area contributed by atoms with Crippen LogP contribution in [0, 0.1) is 5.41 Å². The predicted octanol–water partition coefficient (Wildman–Crippen LogP) is 1.33. The van der Waals surface area contributed by atoms with Crippen molar-refractivity contribution in [2.75, 3.05) is 37.9 Å². The monoisotopic (exact) mass is 488 g/mol. The number of carbonyl (C=O) groups is 2. The molecule has 1 aromatic carbocycles. The number of nitrogens with one attached hydrogen (secondary N) is 3. The second kappa shape index (κ2) is 13.9. The third-order valence-corrected chi connectivity index (χ3v) is 5.75. The molecule has 0 fully saturated rings. The lowest BCUT2D eigenvalue weighted by atomic mass is 10.2. The lowest BCUT2D eigenvalue weighted by Crippen LogP contribution is -2.42. The number of methoxy groups -OCH3 is 1. The van der Waals surface area contributed by atoms with Crippen molar-refractivity contribution in [1.29, 1.82) is 5.41 Å². The zero-order valence-electron chi connectivity index (χ0n) is 19.0. The summed E-state index contributed by atoms with van der Waals surface area (Å²) in [6, 6.07) is 8.74. The van der Waals surface area contributed by atoms with Gasteiger partial charge in [0.15, 0.2) is 11.6 Å². The maximum absolute atomic E-state index is 12.8. The minimum Gasteiger partial charge on any atom is -0.411 e. The van der Waals surface area contributed by atoms with Gasteiger partial charge < -0.3 is 26.0 Å². The van der Waals surface area contributed by atoms with Gasteiger partial charge in [-0.05, 0) is 12.5 Å². The van der Waals surface area contributed by atoms with E-state index in [0.717, 1.165) is 10.1 Å². The largest absolute Gasteiger partial charge is 0.411 e. The highest BCUT2D eigenvalue weighted by molar-refractivity contribution is 7.99. The van der Waals surface area contributed by atoms with Crippen LogP contribution in [0.5, 0.6) is 0 Å². The molecule has 11 nitrogen and oxygen atoms in total. The Morgan fingerprint density at radius 1 is 1.29 bits per heavy atom. The molecular formula is C22H28N6O5S. The first-order valence-corrected chi connectivity index (χ1v) is 11.5. The van der Waals surface area contributed by atoms with Crippen LogP contribution in [0.4, 0.5) is 5.82 Å². The van der Waals surface area contributed by atoms with E-state index in [2.05, 4.69) is 20.8 Å². The summed E-state index contributed by atoms with van der Waals surface area (Å²) in [6.07, 6.45) is 2.68. The number of oxime groups is 1. The molecule has 2 rings (SSSR count). The summed E-state index contributed by atoms with van der Waals surface area (Å²) in [5.41, 5.74) is 0.566. The van der Waals surface area contributed by atoms with Crippen molar-refractivity contribution in [3.63, 3.8) is 0 Å². The summed E-state index contributed by atoms with van der Waals surface area (Å²) < 4.78 is 6.26. The molecule has 34 heavy (non-hydrogen) atoms. The van der Waals surface area contributed by atoms with Gasteiger partial charge >= 0.3 is 0 Å². The molecule has 1 heterocycles. The van der Waals surface area contributed by atoms with Crippen LogP contribution >= 0.6 is 11.8 Å². The number of Topliss-reactive ketones (excluding diaryl/α,β-unsaturated/α-hetero) is 1. The van der Waals surface area contributed by atoms with Gasteiger partial charge in [0.1, 0.15) is 6.04 Å². The number of aromatic nitrogens is 2. The van der Waals surface area contributed by atoms with Crippen molar-refractivity contribution in [3.05, 3.63) is 58.6 Å². The topological polar surface area (TPSA) is 159 Å². The Hall–Kier alpha value is -3.51. The van der Waals surface area contributed by atoms with Crippen molar-refractivity contribution in [2.45, 2.75) is 18.7 Å². The van der Waals surface area contributed by atoms with E-state index in [1.807, 2.05) is 30.3 Å². The van der Waals surface area contributed by atoms with Gasteiger partial charge in [0.2, 0.25) is 5.91 Å². The van der Waals surface area contributed by atoms with E-state index in [-0.39, 0.29) is 48.5 Å². The number of hydrogen-bond donors (Lipinski definition) is 4. The van der Waals surface area contributed by atoms with Crippen molar-refractivity contribution in [3.8, 4) is 0 Å². The van der Waals surface area contributed by atoms with Crippen molar-refractivity contribution in [2.24, 2.45) is 5.16 Å². The third kappa shape index (κ3) is 8.12. The van der Waals surface area contributed by atoms with Gasteiger partial charge in [-0.3, -0.25) is 19.0 Å². The van der Waals surface area contributed by atoms with Gasteiger partial charge in [-0.1, -0.05) is 35.5 Å². The molecule has 1 atom stereocenters. The molecule has 0 aliphatic carbocycles. The summed E-state index contributed by atoms with van der Waals surface area (Å²) >= 11 is 1.46. The first-order chi connectivity index (χ1) is 16.4. The second-order valence-corrected chi connectivity index (χ2v) is 8.20. The number of ketones is 1. The Morgan fingerprint density at radius 2 is 2.03 bits per heavy atom. The van der Waals surface area contributed by atoms with Crippen LogP contribution in [-0.2, 0) is 20.1 Å². The molecule has 182 valence electrons. The number of ether oxygens (including phenoxy) is 1. The summed E-state index contributed by atoms with van der Waals surface area (Å²) in [4.78, 5) is 41.8. The smallest absolute Gasteiger partial charge is 0.294 e. The Morgan fingerprint density at radius 3 is 2.71 bits per heavy atom. The van der Waals surface area contributed by atoms with Gasteiger partial charge in [-0.25, -0.2) is 4.98 Å². The molecule has 0 spiro atoms. The van der Waals surface area contributed by atoms with Gasteiger partial charge in [0.25, 0.3) is 5.56 Å². The van der Waals surface area contributed by atoms with Crippen LogP contribution < -0.4 is 16.2 Å². The standard InChI is InChI=1S/C22H28N6O5S/c1-15(27-32)18(23)11-25-20-22(31)28(9-8-24-20)19(12-33-2)21(30)26-10-17(29)14-34-13-16-6-4-3-5-7-16/h3-9,19,23,32H,10-14H2,1-2H3,(H,24,25)(H,26,30)/b23-18?,27-15-. The fraction of sp³-hybridized carbons (Fsp3) is 0.364. The zero-order valence-corrected chi connectivity index (χ0v) is 19.8. The molecule has 1 unspecified atom stereocenters. The molecule has 1 amide bonds. The molecule has 0 aliphatic rings. The summed E-state index contributed by atoms with van der Waals surface area (Å²) in [5, 5.41) is 24.7. The van der Waals surface area contributed by atoms with E-state index in [9.17, 15) is 14.4 Å². The molecular weight excluding hydrogens is 460 g/mol. The quantitative estimate of drug-likeness (QED) is 0.176. The molecule has 1 aromatic heterocycles. The summed E-state index contributed by atoms with van der Waals surface area (Å²) in [7, 11) is 1.40. The molecule has 12 heteroatoms. The lowest BCUT2D eigenvalue weighted by molar-refractivity contribution is -0.128. The predicted molar refractivity (Wildman–Crippen MR) is 131 cm³/mol. The highest BCUT2D eigenvalue weighted by Crippen LogP contribution is 2.11. The van der Waals surface area contributed by atoms with Gasteiger partial charge in [0, 0.05) is 25.3 Å². The Kier molecular flexibility index (Phi) is 10.9. The molecule has 2 aromatic rings. The number of anilines is 1. The van der Waals surface area contributed by atoms with Gasteiger partial charge in [-0.15, -0.1) is 11.8 Å². The number of amides is 1. The van der Waals surface area contributed by atoms with E-state index in [1.54, 1.807) is 0 Å². The number of thioether (sulfide) groups is 1. The first kappa shape index (κ1) is 26.7. The van der Waals surface area contributed by atoms with Crippen LogP contribution in [0.25, 0.3) is 0 Å². The summed E-state index contributed by atoms with van der Waals surface area (Å²) in [6.45, 7) is 1.08. The minimum atomic E-state index is -1.02. The van der Waals surface area contributed by atoms with Crippen molar-refractivity contribution >= 4 is 40.7 Å². The molecule has 4 N–H and O–H groups in total. The molecule has 0 radical (unpaired) electrons. The fourth-order valence-electron chi connectivity index (χ4n) is 2.80. The average Bonchev–Trinajstić information content (AvgIpc) is 2.85. The number of nitrogens with zero attached hydrogens (tertiary/aromatic N) is 3. The highest BCUT2D eigenvalue weighted by Gasteiger charge is 2.23. The van der Waals surface area contributed by atoms with Crippen LogP contribution in [0.2, 0.25) is 0 Å². The second-order valence-electron chi connectivity index (χ2n) is 7.21. The molecule has 0 aliphatic heterocycles. The van der Waals surface area contributed by atoms with Crippen molar-refractivity contribution < 1.29 is 19.5 Å². The molecule has 0 saturated carbocycles. The van der Waals surface area contributed by atoms with Crippen LogP contribution in [0.15, 0.2) is 52.7 Å². The number of hydrogen-bond acceptors (Lipinski definition) is 10. The Labute approximate surface area is 201 Å². The van der Waals surface area contributed by atoms with E-state index in [0.29, 0.717) is 5.75 Å². The molecule has 0 bridgehead atoms. The average molecular weight is 489 g/mol. The maximum atomic E-state index is 12.8. The van der Waals surface area contributed by atoms with E-state index < -0.39 is 17.5 Å². The van der Waals surface area contributed by atoms with Crippen LogP contribution in [-0.4, -0.2) is 70.4 Å². The first-order valence-electron chi connectivity index (χ1n) is 10.3. The third-order valence-electron chi connectivity index (χ3n) is 4.68. The van der Waals surface area contributed by atoms with E-state index in [4.69, 9.17) is 15.4 Å².